The van der Waals surface area contributed by atoms with Gasteiger partial charge in [-0.3, -0.25) is 0 Å². The summed E-state index contributed by atoms with van der Waals surface area (Å²) in [7, 11) is 0. The Morgan fingerprint density at radius 2 is 2.33 bits per heavy atom. The number of hydrogen-bond donors (Lipinski definition) is 2. The molecule has 0 bridgehead atoms. The third kappa shape index (κ3) is 3.44. The summed E-state index contributed by atoms with van der Waals surface area (Å²) in [4.78, 5) is 11.5. The predicted octanol–water partition coefficient (Wildman–Crippen LogP) is 2.33. The summed E-state index contributed by atoms with van der Waals surface area (Å²) in [5, 5.41) is 5.67. The van der Waals surface area contributed by atoms with E-state index < -0.39 is 0 Å². The Hall–Kier alpha value is -0.990. The largest absolute Gasteiger partial charge is 0.348 e. The highest BCUT2D eigenvalue weighted by atomic mass is 32.2. The molecule has 3 unspecified atom stereocenters. The summed E-state index contributed by atoms with van der Waals surface area (Å²) in [6.07, 6.45) is 4.01. The lowest BCUT2D eigenvalue weighted by atomic mass is 10.2. The van der Waals surface area contributed by atoms with Crippen molar-refractivity contribution in [3.63, 3.8) is 0 Å². The zero-order valence-electron chi connectivity index (χ0n) is 12.0. The van der Waals surface area contributed by atoms with Crippen LogP contribution in [0.3, 0.4) is 0 Å². The number of aromatic nitrogens is 4. The molecule has 1 aliphatic heterocycles. The first-order valence-corrected chi connectivity index (χ1v) is 8.96. The summed E-state index contributed by atoms with van der Waals surface area (Å²) in [6.45, 7) is 4.51. The zero-order chi connectivity index (χ0) is 14.8. The Morgan fingerprint density at radius 3 is 3.05 bits per heavy atom. The fourth-order valence-electron chi connectivity index (χ4n) is 2.17. The number of imidazole rings is 1. The molecule has 2 aromatic rings. The van der Waals surface area contributed by atoms with Gasteiger partial charge in [-0.1, -0.05) is 19.0 Å². The predicted molar refractivity (Wildman–Crippen MR) is 85.2 cm³/mol. The minimum absolute atomic E-state index is 0.290. The Labute approximate surface area is 132 Å². The SMILES string of the molecule is CC1SCC(c2noc([C@H](N)Cc3cnc[nH]3)n2)SC1C. The summed E-state index contributed by atoms with van der Waals surface area (Å²) >= 11 is 3.88. The Balaban J connectivity index is 1.65. The molecule has 6 nitrogen and oxygen atoms in total. The molecule has 1 fully saturated rings. The first-order chi connectivity index (χ1) is 10.1. The van der Waals surface area contributed by atoms with Crippen LogP contribution in [-0.4, -0.2) is 36.4 Å². The van der Waals surface area contributed by atoms with E-state index in [-0.39, 0.29) is 11.3 Å². The van der Waals surface area contributed by atoms with Crippen LogP contribution < -0.4 is 5.73 Å². The maximum Gasteiger partial charge on any atom is 0.244 e. The minimum Gasteiger partial charge on any atom is -0.348 e. The fraction of sp³-hybridized carbons (Fsp3) is 0.615. The molecule has 0 aliphatic carbocycles. The first kappa shape index (κ1) is 14.9. The third-order valence-electron chi connectivity index (χ3n) is 3.61. The van der Waals surface area contributed by atoms with Gasteiger partial charge in [-0.2, -0.15) is 16.7 Å². The van der Waals surface area contributed by atoms with E-state index in [0.717, 1.165) is 17.3 Å². The lowest BCUT2D eigenvalue weighted by Gasteiger charge is -2.29. The van der Waals surface area contributed by atoms with Gasteiger partial charge in [0.25, 0.3) is 0 Å². The van der Waals surface area contributed by atoms with Crippen LogP contribution >= 0.6 is 23.5 Å². The van der Waals surface area contributed by atoms with E-state index in [4.69, 9.17) is 10.3 Å². The second-order valence-electron chi connectivity index (χ2n) is 5.25. The van der Waals surface area contributed by atoms with Crippen molar-refractivity contribution >= 4 is 23.5 Å². The molecular weight excluding hydrogens is 306 g/mol. The normalized spacial score (nSPS) is 27.7. The van der Waals surface area contributed by atoms with Crippen molar-refractivity contribution in [2.45, 2.75) is 42.1 Å². The van der Waals surface area contributed by atoms with Gasteiger partial charge in [-0.15, -0.1) is 11.8 Å². The highest BCUT2D eigenvalue weighted by molar-refractivity contribution is 8.07. The maximum atomic E-state index is 6.12. The van der Waals surface area contributed by atoms with Gasteiger partial charge < -0.3 is 15.2 Å². The van der Waals surface area contributed by atoms with E-state index >= 15 is 0 Å². The molecule has 0 amide bonds. The Morgan fingerprint density at radius 1 is 1.48 bits per heavy atom. The number of thioether (sulfide) groups is 2. The number of nitrogens with two attached hydrogens (primary N) is 1. The average molecular weight is 325 g/mol. The molecule has 4 atom stereocenters. The molecule has 0 radical (unpaired) electrons. The van der Waals surface area contributed by atoms with Crippen LogP contribution in [0.15, 0.2) is 17.0 Å². The summed E-state index contributed by atoms with van der Waals surface area (Å²) in [6, 6.07) is -0.302. The van der Waals surface area contributed by atoms with Gasteiger partial charge in [0.2, 0.25) is 5.89 Å². The molecule has 0 aromatic carbocycles. The van der Waals surface area contributed by atoms with Crippen LogP contribution in [0.5, 0.6) is 0 Å². The monoisotopic (exact) mass is 325 g/mol. The average Bonchev–Trinajstić information content (AvgIpc) is 3.12. The van der Waals surface area contributed by atoms with Crippen LogP contribution in [0, 0.1) is 0 Å². The molecule has 0 saturated carbocycles. The first-order valence-electron chi connectivity index (χ1n) is 6.97. The van der Waals surface area contributed by atoms with Crippen LogP contribution in [0.2, 0.25) is 0 Å². The number of aromatic amines is 1. The fourth-order valence-corrected chi connectivity index (χ4v) is 5.00. The highest BCUT2D eigenvalue weighted by Gasteiger charge is 2.30. The van der Waals surface area contributed by atoms with Gasteiger partial charge in [0.05, 0.1) is 17.6 Å². The molecule has 21 heavy (non-hydrogen) atoms. The lowest BCUT2D eigenvalue weighted by molar-refractivity contribution is 0.349. The van der Waals surface area contributed by atoms with Crippen LogP contribution in [0.25, 0.3) is 0 Å². The quantitative estimate of drug-likeness (QED) is 0.891. The van der Waals surface area contributed by atoms with Gasteiger partial charge in [0.15, 0.2) is 5.82 Å². The molecule has 2 aromatic heterocycles. The molecule has 114 valence electrons. The van der Waals surface area contributed by atoms with Crippen molar-refractivity contribution in [2.24, 2.45) is 5.73 Å². The van der Waals surface area contributed by atoms with Crippen LogP contribution in [0.1, 0.15) is 42.5 Å². The molecule has 3 heterocycles. The Kier molecular flexibility index (Phi) is 4.56. The molecular formula is C13H19N5OS2. The van der Waals surface area contributed by atoms with Gasteiger partial charge in [0, 0.05) is 34.6 Å². The summed E-state index contributed by atoms with van der Waals surface area (Å²) in [5.74, 6) is 2.28. The van der Waals surface area contributed by atoms with Crippen LogP contribution in [-0.2, 0) is 6.42 Å². The van der Waals surface area contributed by atoms with Crippen molar-refractivity contribution in [1.29, 1.82) is 0 Å². The molecule has 1 aliphatic rings. The molecule has 0 spiro atoms. The zero-order valence-corrected chi connectivity index (χ0v) is 13.7. The van der Waals surface area contributed by atoms with E-state index in [1.54, 1.807) is 12.5 Å². The van der Waals surface area contributed by atoms with Gasteiger partial charge in [-0.25, -0.2) is 4.98 Å². The van der Waals surface area contributed by atoms with E-state index in [1.165, 1.54) is 0 Å². The topological polar surface area (TPSA) is 93.6 Å². The van der Waals surface area contributed by atoms with Gasteiger partial charge >= 0.3 is 0 Å². The minimum atomic E-state index is -0.302. The lowest BCUT2D eigenvalue weighted by Crippen LogP contribution is -2.22. The van der Waals surface area contributed by atoms with E-state index in [2.05, 4.69) is 34.0 Å². The van der Waals surface area contributed by atoms with Crippen molar-refractivity contribution < 1.29 is 4.52 Å². The van der Waals surface area contributed by atoms with E-state index in [0.29, 0.717) is 22.8 Å². The number of hydrogen-bond acceptors (Lipinski definition) is 7. The van der Waals surface area contributed by atoms with E-state index in [1.807, 2.05) is 23.5 Å². The second kappa shape index (κ2) is 6.41. The second-order valence-corrected chi connectivity index (χ2v) is 8.24. The van der Waals surface area contributed by atoms with Crippen molar-refractivity contribution in [3.05, 3.63) is 29.9 Å². The molecule has 3 N–H and O–H groups in total. The Bertz CT molecular complexity index is 573. The van der Waals surface area contributed by atoms with Crippen molar-refractivity contribution in [1.82, 2.24) is 20.1 Å². The number of nitrogens with one attached hydrogen (secondary N) is 1. The highest BCUT2D eigenvalue weighted by Crippen LogP contribution is 2.43. The number of nitrogens with zero attached hydrogens (tertiary/aromatic N) is 3. The molecule has 3 rings (SSSR count). The standard InChI is InChI=1S/C13H19N5OS2/c1-7-8(2)21-11(5-20-7)12-17-13(19-18-12)10(14)3-9-4-15-6-16-9/h4,6-8,10-11H,3,5,14H2,1-2H3,(H,15,16)/t7?,8?,10-,11?/m1/s1. The summed E-state index contributed by atoms with van der Waals surface area (Å²) < 4.78 is 5.35. The smallest absolute Gasteiger partial charge is 0.244 e. The maximum absolute atomic E-state index is 6.12. The van der Waals surface area contributed by atoms with Crippen molar-refractivity contribution in [2.75, 3.05) is 5.75 Å². The molecule has 1 saturated heterocycles. The number of rotatable bonds is 4. The third-order valence-corrected chi connectivity index (χ3v) is 6.99. The summed E-state index contributed by atoms with van der Waals surface area (Å²) in [5.41, 5.74) is 7.09. The molecule has 8 heteroatoms. The van der Waals surface area contributed by atoms with Crippen molar-refractivity contribution in [3.8, 4) is 0 Å². The van der Waals surface area contributed by atoms with Gasteiger partial charge in [0.1, 0.15) is 0 Å². The van der Waals surface area contributed by atoms with Crippen LogP contribution in [0.4, 0.5) is 0 Å². The number of H-pyrrole nitrogens is 1. The van der Waals surface area contributed by atoms with Gasteiger partial charge in [-0.05, 0) is 0 Å². The van der Waals surface area contributed by atoms with E-state index in [9.17, 15) is 0 Å².